The van der Waals surface area contributed by atoms with Gasteiger partial charge in [0.25, 0.3) is 11.4 Å². The van der Waals surface area contributed by atoms with Crippen LogP contribution in [0, 0.1) is 10.1 Å². The third-order valence-corrected chi connectivity index (χ3v) is 3.94. The summed E-state index contributed by atoms with van der Waals surface area (Å²) >= 11 is 0. The summed E-state index contributed by atoms with van der Waals surface area (Å²) in [4.78, 5) is 22.3. The number of alkyl halides is 3. The van der Waals surface area contributed by atoms with E-state index in [1.807, 2.05) is 6.92 Å². The molecule has 0 fully saturated rings. The number of allylic oxidation sites excluding steroid dienone is 1. The highest BCUT2D eigenvalue weighted by Crippen LogP contribution is 2.38. The number of carbonyl (C=O) groups is 1. The molecule has 0 aromatic heterocycles. The number of nitrogens with zero attached hydrogens (tertiary/aromatic N) is 2. The number of benzene rings is 1. The Morgan fingerprint density at radius 3 is 2.46 bits per heavy atom. The summed E-state index contributed by atoms with van der Waals surface area (Å²) in [6.45, 7) is 1.86. The predicted molar refractivity (Wildman–Crippen MR) is 85.4 cm³/mol. The predicted octanol–water partition coefficient (Wildman–Crippen LogP) is 2.81. The minimum Gasteiger partial charge on any atom is -0.359 e. The van der Waals surface area contributed by atoms with Gasteiger partial charge in [-0.1, -0.05) is 25.5 Å². The number of amides is 1. The van der Waals surface area contributed by atoms with E-state index < -0.39 is 29.2 Å². The molecule has 0 saturated heterocycles. The molecule has 1 aromatic carbocycles. The van der Waals surface area contributed by atoms with E-state index >= 15 is 0 Å². The van der Waals surface area contributed by atoms with Gasteiger partial charge in [-0.15, -0.1) is 0 Å². The summed E-state index contributed by atoms with van der Waals surface area (Å²) in [6.07, 6.45) is -3.35. The molecular formula is C16H18F3N3O4. The Kier molecular flexibility index (Phi) is 5.55. The normalized spacial score (nSPS) is 19.9. The van der Waals surface area contributed by atoms with Gasteiger partial charge >= 0.3 is 6.18 Å². The first-order valence-corrected chi connectivity index (χ1v) is 7.92. The summed E-state index contributed by atoms with van der Waals surface area (Å²) in [6, 6.07) is 4.87. The number of nitrogens with one attached hydrogen (secondary N) is 1. The number of aliphatic hydroxyl groups is 1. The highest BCUT2D eigenvalue weighted by Gasteiger charge is 2.61. The molecule has 7 nitrogen and oxygen atoms in total. The van der Waals surface area contributed by atoms with Crippen molar-refractivity contribution in [1.29, 1.82) is 0 Å². The second-order valence-corrected chi connectivity index (χ2v) is 5.94. The summed E-state index contributed by atoms with van der Waals surface area (Å²) < 4.78 is 40.0. The minimum atomic E-state index is -5.08. The van der Waals surface area contributed by atoms with Gasteiger partial charge in [0.15, 0.2) is 0 Å². The van der Waals surface area contributed by atoms with E-state index in [0.717, 1.165) is 18.6 Å². The number of nitro groups is 1. The molecule has 142 valence electrons. The lowest BCUT2D eigenvalue weighted by Gasteiger charge is -2.33. The highest BCUT2D eigenvalue weighted by molar-refractivity contribution is 5.80. The maximum atomic E-state index is 13.3. The van der Waals surface area contributed by atoms with E-state index in [1.165, 1.54) is 12.1 Å². The summed E-state index contributed by atoms with van der Waals surface area (Å²) in [5.41, 5.74) is -0.895. The minimum absolute atomic E-state index is 0.115. The summed E-state index contributed by atoms with van der Waals surface area (Å²) in [7, 11) is 0. The van der Waals surface area contributed by atoms with E-state index in [1.54, 1.807) is 0 Å². The Morgan fingerprint density at radius 2 is 1.96 bits per heavy atom. The Labute approximate surface area is 147 Å². The number of carbonyl (C=O) groups excluding carboxylic acids is 1. The van der Waals surface area contributed by atoms with E-state index in [0.29, 0.717) is 12.5 Å². The molecule has 26 heavy (non-hydrogen) atoms. The summed E-state index contributed by atoms with van der Waals surface area (Å²) in [5.74, 6) is -1.01. The molecule has 1 aromatic rings. The van der Waals surface area contributed by atoms with Crippen LogP contribution in [0.4, 0.5) is 18.9 Å². The van der Waals surface area contributed by atoms with E-state index in [-0.39, 0.29) is 28.4 Å². The monoisotopic (exact) mass is 373 g/mol. The maximum absolute atomic E-state index is 13.3. The van der Waals surface area contributed by atoms with Crippen LogP contribution in [0.5, 0.6) is 0 Å². The van der Waals surface area contributed by atoms with Crippen LogP contribution in [0.25, 0.3) is 0 Å². The zero-order valence-corrected chi connectivity index (χ0v) is 13.9. The van der Waals surface area contributed by atoms with Crippen molar-refractivity contribution in [1.82, 2.24) is 10.4 Å². The maximum Gasteiger partial charge on any atom is 0.442 e. The first-order valence-electron chi connectivity index (χ1n) is 7.92. The molecule has 0 spiro atoms. The second kappa shape index (κ2) is 7.32. The van der Waals surface area contributed by atoms with Gasteiger partial charge in [-0.05, 0) is 24.5 Å². The molecule has 1 aliphatic heterocycles. The lowest BCUT2D eigenvalue weighted by molar-refractivity contribution is -0.384. The van der Waals surface area contributed by atoms with Gasteiger partial charge in [0.05, 0.1) is 11.3 Å². The van der Waals surface area contributed by atoms with E-state index in [2.05, 4.69) is 5.43 Å². The largest absolute Gasteiger partial charge is 0.442 e. The van der Waals surface area contributed by atoms with Crippen LogP contribution in [0.1, 0.15) is 31.7 Å². The molecule has 0 radical (unpaired) electrons. The zero-order chi connectivity index (χ0) is 19.5. The van der Waals surface area contributed by atoms with Crippen LogP contribution in [0.3, 0.4) is 0 Å². The number of nitro benzene ring substituents is 1. The average molecular weight is 373 g/mol. The quantitative estimate of drug-likeness (QED) is 0.591. The van der Waals surface area contributed by atoms with Crippen molar-refractivity contribution in [2.24, 2.45) is 0 Å². The Hall–Kier alpha value is -2.62. The Bertz CT molecular complexity index is 718. The number of hydrazine groups is 1. The van der Waals surface area contributed by atoms with Crippen molar-refractivity contribution in [3.8, 4) is 0 Å². The fourth-order valence-corrected chi connectivity index (χ4v) is 2.51. The van der Waals surface area contributed by atoms with Gasteiger partial charge in [-0.2, -0.15) is 13.2 Å². The van der Waals surface area contributed by atoms with Crippen LogP contribution < -0.4 is 5.43 Å². The Morgan fingerprint density at radius 1 is 1.35 bits per heavy atom. The average Bonchev–Trinajstić information content (AvgIpc) is 2.91. The van der Waals surface area contributed by atoms with Crippen LogP contribution in [-0.4, -0.2) is 32.8 Å². The van der Waals surface area contributed by atoms with Gasteiger partial charge in [0.1, 0.15) is 0 Å². The molecule has 1 atom stereocenters. The molecule has 0 unspecified atom stereocenters. The van der Waals surface area contributed by atoms with Crippen molar-refractivity contribution in [3.05, 3.63) is 51.7 Å². The van der Waals surface area contributed by atoms with Gasteiger partial charge in [0, 0.05) is 17.8 Å². The van der Waals surface area contributed by atoms with E-state index in [4.69, 9.17) is 0 Å². The van der Waals surface area contributed by atoms with Gasteiger partial charge in [-0.25, -0.2) is 5.01 Å². The van der Waals surface area contributed by atoms with Gasteiger partial charge in [-0.3, -0.25) is 20.3 Å². The van der Waals surface area contributed by atoms with Crippen LogP contribution in [0.2, 0.25) is 0 Å². The van der Waals surface area contributed by atoms with Gasteiger partial charge < -0.3 is 5.11 Å². The molecule has 1 aliphatic rings. The molecule has 0 aliphatic carbocycles. The molecule has 1 heterocycles. The number of hydrogen-bond donors (Lipinski definition) is 2. The molecule has 2 N–H and O–H groups in total. The lowest BCUT2D eigenvalue weighted by Crippen LogP contribution is -2.60. The van der Waals surface area contributed by atoms with Crippen molar-refractivity contribution >= 4 is 11.6 Å². The molecule has 2 rings (SSSR count). The fraction of sp³-hybridized carbons (Fsp3) is 0.438. The number of non-ortho nitro benzene ring substituents is 1. The van der Waals surface area contributed by atoms with Crippen LogP contribution in [-0.2, 0) is 11.2 Å². The summed E-state index contributed by atoms with van der Waals surface area (Å²) in [5, 5.41) is 20.9. The SMILES string of the molecule is CCCCC1=C[C@](O)(C(F)(F)F)N(C(=O)Cc2ccc([N+](=O)[O-])cc2)N1. The molecular weight excluding hydrogens is 355 g/mol. The Balaban J connectivity index is 2.19. The third-order valence-electron chi connectivity index (χ3n) is 3.94. The van der Waals surface area contributed by atoms with Crippen molar-refractivity contribution in [2.45, 2.75) is 44.5 Å². The zero-order valence-electron chi connectivity index (χ0n) is 13.9. The first kappa shape index (κ1) is 19.7. The van der Waals surface area contributed by atoms with Crippen molar-refractivity contribution in [3.63, 3.8) is 0 Å². The van der Waals surface area contributed by atoms with Crippen molar-refractivity contribution in [2.75, 3.05) is 0 Å². The first-order chi connectivity index (χ1) is 12.1. The standard InChI is InChI=1S/C16H18F3N3O4/c1-2-3-4-12-10-15(24,16(17,18)19)21(20-12)14(23)9-11-5-7-13(8-6-11)22(25)26/h5-8,10,20,24H,2-4,9H2,1H3/t15-/m0/s1. The molecule has 1 amide bonds. The van der Waals surface area contributed by atoms with Crippen LogP contribution in [0.15, 0.2) is 36.0 Å². The number of hydrogen-bond acceptors (Lipinski definition) is 5. The highest BCUT2D eigenvalue weighted by atomic mass is 19.4. The third kappa shape index (κ3) is 3.96. The smallest absolute Gasteiger partial charge is 0.359 e. The number of rotatable bonds is 6. The number of unbranched alkanes of at least 4 members (excludes halogenated alkanes) is 1. The number of halogens is 3. The topological polar surface area (TPSA) is 95.7 Å². The second-order valence-electron chi connectivity index (χ2n) is 5.94. The molecule has 10 heteroatoms. The van der Waals surface area contributed by atoms with E-state index in [9.17, 15) is 33.2 Å². The fourth-order valence-electron chi connectivity index (χ4n) is 2.51. The van der Waals surface area contributed by atoms with Gasteiger partial charge in [0.2, 0.25) is 5.91 Å². The lowest BCUT2D eigenvalue weighted by atomic mass is 10.1. The molecule has 0 bridgehead atoms. The molecule has 0 saturated carbocycles. The van der Waals surface area contributed by atoms with Crippen LogP contribution >= 0.6 is 0 Å². The van der Waals surface area contributed by atoms with Crippen molar-refractivity contribution < 1.29 is 28.0 Å².